The van der Waals surface area contributed by atoms with Crippen LogP contribution in [0.4, 0.5) is 10.6 Å². The minimum Gasteiger partial charge on any atom is -0.444 e. The summed E-state index contributed by atoms with van der Waals surface area (Å²) in [5, 5.41) is 17.9. The lowest BCUT2D eigenvalue weighted by molar-refractivity contribution is -0.141. The van der Waals surface area contributed by atoms with Crippen molar-refractivity contribution in [2.24, 2.45) is 5.92 Å². The molecule has 4 atom stereocenters. The van der Waals surface area contributed by atoms with Crippen molar-refractivity contribution in [3.8, 4) is 10.4 Å². The van der Waals surface area contributed by atoms with Crippen molar-refractivity contribution in [1.82, 2.24) is 25.3 Å². The Labute approximate surface area is 280 Å². The number of β-amino-alcohol motifs (C(OH)–C–C–N with tert-alkyl or cyclic N) is 1. The molecule has 4 heterocycles. The van der Waals surface area contributed by atoms with E-state index in [1.165, 1.54) is 4.90 Å². The van der Waals surface area contributed by atoms with E-state index in [1.807, 2.05) is 83.1 Å². The van der Waals surface area contributed by atoms with Gasteiger partial charge in [-0.15, -0.1) is 11.3 Å². The first-order valence-electron chi connectivity index (χ1n) is 16.2. The number of ether oxygens (including phenoxy) is 1. The molecule has 3 amide bonds. The maximum Gasteiger partial charge on any atom is 0.410 e. The molecular weight excluding hydrogens is 620 g/mol. The van der Waals surface area contributed by atoms with Crippen molar-refractivity contribution < 1.29 is 28.8 Å². The highest BCUT2D eigenvalue weighted by atomic mass is 32.1. The van der Waals surface area contributed by atoms with Gasteiger partial charge in [-0.25, -0.2) is 9.78 Å². The summed E-state index contributed by atoms with van der Waals surface area (Å²) >= 11 is 1.59. The number of hydrogen-bond donors (Lipinski definition) is 2. The number of piperazine rings is 1. The predicted molar refractivity (Wildman–Crippen MR) is 179 cm³/mol. The SMILES string of the molecule is Cc1ncsc1-c1ccc(C(C)NC(=O)[C@@H]2C[C@@H](O)CN2C(=O)C(c2cc(N3CCN(C(=O)OC(C)(C)C)CC3)no2)C(C)C)cc1. The first-order valence-corrected chi connectivity index (χ1v) is 17.1. The van der Waals surface area contributed by atoms with Gasteiger partial charge < -0.3 is 34.4 Å². The zero-order valence-electron chi connectivity index (χ0n) is 28.2. The third kappa shape index (κ3) is 7.95. The molecule has 2 aliphatic heterocycles. The number of likely N-dealkylation sites (tertiary alicyclic amines) is 1. The van der Waals surface area contributed by atoms with Crippen LogP contribution in [-0.2, 0) is 14.3 Å². The van der Waals surface area contributed by atoms with E-state index >= 15 is 0 Å². The van der Waals surface area contributed by atoms with Crippen molar-refractivity contribution in [2.45, 2.75) is 84.6 Å². The Balaban J connectivity index is 1.23. The third-order valence-electron chi connectivity index (χ3n) is 8.65. The standard InChI is InChI=1S/C34H46N6O6S/c1-20(2)29(27-17-28(37-46-27)38-12-14-39(15-13-38)33(44)45-34(5,6)7)32(43)40-18-25(41)16-26(40)31(42)36-21(3)23-8-10-24(11-9-23)30-22(4)35-19-47-30/h8-11,17,19-21,25-26,29,41H,12-16,18H2,1-7H3,(H,36,42)/t21?,25-,26+,29?/m1/s1. The number of aliphatic hydroxyl groups is 1. The summed E-state index contributed by atoms with van der Waals surface area (Å²) in [7, 11) is 0. The van der Waals surface area contributed by atoms with Gasteiger partial charge in [-0.05, 0) is 51.7 Å². The first-order chi connectivity index (χ1) is 22.2. The number of amides is 3. The average molecular weight is 667 g/mol. The molecule has 2 unspecified atom stereocenters. The van der Waals surface area contributed by atoms with E-state index in [0.717, 1.165) is 21.7 Å². The Morgan fingerprint density at radius 1 is 1.09 bits per heavy atom. The number of hydrogen-bond acceptors (Lipinski definition) is 10. The zero-order valence-corrected chi connectivity index (χ0v) is 29.0. The van der Waals surface area contributed by atoms with Crippen LogP contribution in [-0.4, -0.2) is 93.4 Å². The minimum atomic E-state index is -0.816. The van der Waals surface area contributed by atoms with Gasteiger partial charge in [0.15, 0.2) is 11.6 Å². The number of rotatable bonds is 8. The van der Waals surface area contributed by atoms with Crippen LogP contribution in [0, 0.1) is 12.8 Å². The Morgan fingerprint density at radius 2 is 1.77 bits per heavy atom. The highest BCUT2D eigenvalue weighted by Crippen LogP contribution is 2.33. The van der Waals surface area contributed by atoms with Crippen molar-refractivity contribution in [3.63, 3.8) is 0 Å². The normalized spacial score (nSPS) is 20.0. The molecule has 2 saturated heterocycles. The van der Waals surface area contributed by atoms with Gasteiger partial charge in [0.1, 0.15) is 17.6 Å². The maximum absolute atomic E-state index is 14.1. The van der Waals surface area contributed by atoms with Gasteiger partial charge in [-0.1, -0.05) is 43.3 Å². The van der Waals surface area contributed by atoms with Gasteiger partial charge in [0.05, 0.1) is 28.2 Å². The summed E-state index contributed by atoms with van der Waals surface area (Å²) in [5.74, 6) is -0.462. The van der Waals surface area contributed by atoms with E-state index in [-0.39, 0.29) is 42.8 Å². The maximum atomic E-state index is 14.1. The van der Waals surface area contributed by atoms with Crippen molar-refractivity contribution in [3.05, 3.63) is 52.9 Å². The molecule has 13 heteroatoms. The molecule has 1 aromatic carbocycles. The fourth-order valence-corrected chi connectivity index (χ4v) is 6.95. The fraction of sp³-hybridized carbons (Fsp3) is 0.559. The number of nitrogens with one attached hydrogen (secondary N) is 1. The molecule has 12 nitrogen and oxygen atoms in total. The van der Waals surface area contributed by atoms with Crippen LogP contribution in [0.5, 0.6) is 0 Å². The topological polar surface area (TPSA) is 141 Å². The number of aryl methyl sites for hydroxylation is 1. The first kappa shape index (κ1) is 34.4. The highest BCUT2D eigenvalue weighted by molar-refractivity contribution is 7.13. The molecule has 3 aromatic rings. The zero-order chi connectivity index (χ0) is 34.0. The van der Waals surface area contributed by atoms with Gasteiger partial charge in [-0.3, -0.25) is 9.59 Å². The summed E-state index contributed by atoms with van der Waals surface area (Å²) in [4.78, 5) is 50.7. The van der Waals surface area contributed by atoms with E-state index < -0.39 is 23.7 Å². The Morgan fingerprint density at radius 3 is 2.36 bits per heavy atom. The number of carbonyl (C=O) groups is 3. The molecule has 0 aliphatic carbocycles. The number of aromatic nitrogens is 2. The molecule has 2 aromatic heterocycles. The largest absolute Gasteiger partial charge is 0.444 e. The molecular formula is C34H46N6O6S. The molecule has 2 fully saturated rings. The Bertz CT molecular complexity index is 1560. The Hall–Kier alpha value is -3.97. The van der Waals surface area contributed by atoms with Crippen LogP contribution in [0.2, 0.25) is 0 Å². The second-order valence-electron chi connectivity index (χ2n) is 13.8. The van der Waals surface area contributed by atoms with Crippen LogP contribution in [0.15, 0.2) is 40.4 Å². The second-order valence-corrected chi connectivity index (χ2v) is 14.6. The van der Waals surface area contributed by atoms with Crippen molar-refractivity contribution >= 4 is 35.1 Å². The van der Waals surface area contributed by atoms with E-state index in [9.17, 15) is 19.5 Å². The number of benzene rings is 1. The molecule has 2 aliphatic rings. The molecule has 2 N–H and O–H groups in total. The summed E-state index contributed by atoms with van der Waals surface area (Å²) in [6.07, 6.45) is -1.00. The molecule has 0 saturated carbocycles. The van der Waals surface area contributed by atoms with E-state index in [4.69, 9.17) is 9.26 Å². The molecule has 0 bridgehead atoms. The van der Waals surface area contributed by atoms with Gasteiger partial charge in [0, 0.05) is 45.2 Å². The van der Waals surface area contributed by atoms with E-state index in [0.29, 0.717) is 37.8 Å². The highest BCUT2D eigenvalue weighted by Gasteiger charge is 2.43. The van der Waals surface area contributed by atoms with Crippen molar-refractivity contribution in [1.29, 1.82) is 0 Å². The van der Waals surface area contributed by atoms with Gasteiger partial charge >= 0.3 is 6.09 Å². The third-order valence-corrected chi connectivity index (χ3v) is 9.63. The summed E-state index contributed by atoms with van der Waals surface area (Å²) in [5.41, 5.74) is 4.24. The van der Waals surface area contributed by atoms with Crippen LogP contribution in [0.3, 0.4) is 0 Å². The van der Waals surface area contributed by atoms with E-state index in [1.54, 1.807) is 22.3 Å². The number of aliphatic hydroxyl groups excluding tert-OH is 1. The summed E-state index contributed by atoms with van der Waals surface area (Å²) in [6.45, 7) is 15.3. The van der Waals surface area contributed by atoms with Gasteiger partial charge in [-0.2, -0.15) is 0 Å². The smallest absolute Gasteiger partial charge is 0.410 e. The second kappa shape index (κ2) is 14.0. The fourth-order valence-electron chi connectivity index (χ4n) is 6.13. The lowest BCUT2D eigenvalue weighted by Gasteiger charge is -2.35. The van der Waals surface area contributed by atoms with Crippen molar-refractivity contribution in [2.75, 3.05) is 37.6 Å². The van der Waals surface area contributed by atoms with Gasteiger partial charge in [0.25, 0.3) is 0 Å². The molecule has 0 spiro atoms. The quantitative estimate of drug-likeness (QED) is 0.349. The average Bonchev–Trinajstić information content (AvgIpc) is 3.76. The number of anilines is 1. The molecule has 254 valence electrons. The van der Waals surface area contributed by atoms with Crippen LogP contribution in [0.25, 0.3) is 10.4 Å². The van der Waals surface area contributed by atoms with E-state index in [2.05, 4.69) is 15.5 Å². The minimum absolute atomic E-state index is 0.0606. The van der Waals surface area contributed by atoms with Gasteiger partial charge in [0.2, 0.25) is 11.8 Å². The summed E-state index contributed by atoms with van der Waals surface area (Å²) in [6, 6.07) is 8.67. The lowest BCUT2D eigenvalue weighted by atomic mass is 9.91. The number of thiazole rings is 1. The predicted octanol–water partition coefficient (Wildman–Crippen LogP) is 4.74. The Kier molecular flexibility index (Phi) is 10.3. The van der Waals surface area contributed by atoms with Crippen LogP contribution in [0.1, 0.15) is 76.9 Å². The van der Waals surface area contributed by atoms with Crippen LogP contribution >= 0.6 is 11.3 Å². The molecule has 0 radical (unpaired) electrons. The lowest BCUT2D eigenvalue weighted by Crippen LogP contribution is -2.50. The number of carbonyl (C=O) groups excluding carboxylic acids is 3. The van der Waals surface area contributed by atoms with Crippen LogP contribution < -0.4 is 10.2 Å². The number of nitrogens with zero attached hydrogens (tertiary/aromatic N) is 5. The monoisotopic (exact) mass is 666 g/mol. The summed E-state index contributed by atoms with van der Waals surface area (Å²) < 4.78 is 11.2. The molecule has 5 rings (SSSR count). The molecule has 47 heavy (non-hydrogen) atoms.